The lowest BCUT2D eigenvalue weighted by atomic mass is 9.92. The number of anilines is 1. The molecule has 2 aliphatic rings. The molecule has 2 unspecified atom stereocenters. The monoisotopic (exact) mass is 587 g/mol. The predicted molar refractivity (Wildman–Crippen MR) is 154 cm³/mol. The molecule has 8 nitrogen and oxygen atoms in total. The number of aryl methyl sites for hydroxylation is 1. The van der Waals surface area contributed by atoms with Crippen LogP contribution < -0.4 is 9.64 Å². The van der Waals surface area contributed by atoms with Gasteiger partial charge in [-0.3, -0.25) is 9.69 Å². The Labute approximate surface area is 238 Å². The molecule has 2 atom stereocenters. The Morgan fingerprint density at radius 2 is 1.95 bits per heavy atom. The van der Waals surface area contributed by atoms with Gasteiger partial charge in [-0.25, -0.2) is 17.8 Å². The molecule has 40 heavy (non-hydrogen) atoms. The summed E-state index contributed by atoms with van der Waals surface area (Å²) in [6.07, 6.45) is 1.14. The van der Waals surface area contributed by atoms with Crippen LogP contribution in [-0.2, 0) is 27.8 Å². The summed E-state index contributed by atoms with van der Waals surface area (Å²) in [5, 5.41) is 12.0. The second kappa shape index (κ2) is 11.8. The standard InChI is InChI=1S/C29H34FN3O5S2/c1-19-13-21(16-32-9-11-40(36,37)12-10-32)3-4-23(19)17-38-27-6-5-24(30)15-25(27)26-18-39-29(31-26)33-8-7-22(28(34)35)14-20(33)2/h3-6,13,15,18,20,22H,7-12,14,16-17H2,1-2H3,(H,34,35). The molecule has 0 spiro atoms. The normalized spacial score (nSPS) is 21.3. The highest BCUT2D eigenvalue weighted by Gasteiger charge is 2.31. The van der Waals surface area contributed by atoms with E-state index in [2.05, 4.69) is 15.9 Å². The molecule has 0 bridgehead atoms. The molecule has 2 aliphatic heterocycles. The van der Waals surface area contributed by atoms with Gasteiger partial charge in [0.25, 0.3) is 0 Å². The Morgan fingerprint density at radius 1 is 1.18 bits per heavy atom. The van der Waals surface area contributed by atoms with E-state index >= 15 is 0 Å². The van der Waals surface area contributed by atoms with E-state index in [0.717, 1.165) is 21.8 Å². The minimum atomic E-state index is -2.90. The van der Waals surface area contributed by atoms with Gasteiger partial charge < -0.3 is 14.7 Å². The average molecular weight is 588 g/mol. The highest BCUT2D eigenvalue weighted by molar-refractivity contribution is 7.91. The third-order valence-corrected chi connectivity index (χ3v) is 10.3. The Bertz CT molecular complexity index is 1480. The third-order valence-electron chi connectivity index (χ3n) is 7.81. The lowest BCUT2D eigenvalue weighted by Gasteiger charge is -2.36. The molecule has 1 N–H and O–H groups in total. The first-order valence-electron chi connectivity index (χ1n) is 13.5. The van der Waals surface area contributed by atoms with Gasteiger partial charge in [-0.05, 0) is 61.6 Å². The summed E-state index contributed by atoms with van der Waals surface area (Å²) in [6.45, 7) is 6.77. The van der Waals surface area contributed by atoms with Crippen LogP contribution in [-0.4, -0.2) is 66.6 Å². The van der Waals surface area contributed by atoms with Crippen LogP contribution in [0.4, 0.5) is 9.52 Å². The topological polar surface area (TPSA) is 100 Å². The molecule has 2 saturated heterocycles. The van der Waals surface area contributed by atoms with Crippen LogP contribution >= 0.6 is 11.3 Å². The van der Waals surface area contributed by atoms with E-state index in [1.165, 1.54) is 23.5 Å². The van der Waals surface area contributed by atoms with E-state index in [9.17, 15) is 22.7 Å². The van der Waals surface area contributed by atoms with Crippen molar-refractivity contribution in [2.24, 2.45) is 5.92 Å². The second-order valence-electron chi connectivity index (χ2n) is 10.7. The highest BCUT2D eigenvalue weighted by Crippen LogP contribution is 2.37. The summed E-state index contributed by atoms with van der Waals surface area (Å²) in [7, 11) is -2.90. The number of thiazole rings is 1. The molecule has 214 valence electrons. The SMILES string of the molecule is Cc1cc(CN2CCS(=O)(=O)CC2)ccc1COc1ccc(F)cc1-c1csc(N2CCC(C(=O)O)CC2C)n1. The Hall–Kier alpha value is -3.02. The number of sulfone groups is 1. The van der Waals surface area contributed by atoms with Crippen molar-refractivity contribution < 1.29 is 27.4 Å². The lowest BCUT2D eigenvalue weighted by molar-refractivity contribution is -0.142. The van der Waals surface area contributed by atoms with Gasteiger partial charge in [-0.15, -0.1) is 11.3 Å². The van der Waals surface area contributed by atoms with Gasteiger partial charge in [-0.2, -0.15) is 0 Å². The maximum atomic E-state index is 14.3. The van der Waals surface area contributed by atoms with E-state index in [1.807, 2.05) is 31.4 Å². The van der Waals surface area contributed by atoms with Gasteiger partial charge >= 0.3 is 5.97 Å². The summed E-state index contributed by atoms with van der Waals surface area (Å²) in [4.78, 5) is 20.5. The molecule has 2 fully saturated rings. The molecule has 0 radical (unpaired) electrons. The smallest absolute Gasteiger partial charge is 0.306 e. The molecule has 11 heteroatoms. The van der Waals surface area contributed by atoms with Crippen molar-refractivity contribution in [1.82, 2.24) is 9.88 Å². The minimum absolute atomic E-state index is 0.0472. The van der Waals surface area contributed by atoms with E-state index in [1.54, 1.807) is 6.07 Å². The fourth-order valence-corrected chi connectivity index (χ4v) is 7.60. The predicted octanol–water partition coefficient (Wildman–Crippen LogP) is 4.76. The first-order valence-corrected chi connectivity index (χ1v) is 16.2. The van der Waals surface area contributed by atoms with Crippen LogP contribution in [0, 0.1) is 18.7 Å². The van der Waals surface area contributed by atoms with Crippen molar-refractivity contribution in [1.29, 1.82) is 0 Å². The minimum Gasteiger partial charge on any atom is -0.488 e. The molecular weight excluding hydrogens is 553 g/mol. The molecule has 3 heterocycles. The van der Waals surface area contributed by atoms with E-state index in [4.69, 9.17) is 9.72 Å². The van der Waals surface area contributed by atoms with Gasteiger partial charge in [0.1, 0.15) is 18.2 Å². The van der Waals surface area contributed by atoms with Gasteiger partial charge in [0.15, 0.2) is 15.0 Å². The molecule has 1 aromatic heterocycles. The second-order valence-corrected chi connectivity index (χ2v) is 13.9. The quantitative estimate of drug-likeness (QED) is 0.403. The molecular formula is C29H34FN3O5S2. The highest BCUT2D eigenvalue weighted by atomic mass is 32.2. The summed E-state index contributed by atoms with van der Waals surface area (Å²) in [6, 6.07) is 10.7. The van der Waals surface area contributed by atoms with Gasteiger partial charge in [0.2, 0.25) is 0 Å². The van der Waals surface area contributed by atoms with Crippen LogP contribution in [0.3, 0.4) is 0 Å². The summed E-state index contributed by atoms with van der Waals surface area (Å²) in [5.74, 6) is -0.513. The largest absolute Gasteiger partial charge is 0.488 e. The molecule has 2 aromatic carbocycles. The van der Waals surface area contributed by atoms with Crippen LogP contribution in [0.25, 0.3) is 11.3 Å². The number of benzene rings is 2. The number of halogens is 1. The van der Waals surface area contributed by atoms with E-state index in [-0.39, 0.29) is 29.3 Å². The molecule has 5 rings (SSSR count). The van der Waals surface area contributed by atoms with Crippen LogP contribution in [0.1, 0.15) is 36.5 Å². The lowest BCUT2D eigenvalue weighted by Crippen LogP contribution is -2.42. The number of aromatic nitrogens is 1. The van der Waals surface area contributed by atoms with Gasteiger partial charge in [-0.1, -0.05) is 18.2 Å². The van der Waals surface area contributed by atoms with Gasteiger partial charge in [0, 0.05) is 43.2 Å². The fourth-order valence-electron chi connectivity index (χ4n) is 5.37. The summed E-state index contributed by atoms with van der Waals surface area (Å²) >= 11 is 1.46. The Morgan fingerprint density at radius 3 is 2.65 bits per heavy atom. The van der Waals surface area contributed by atoms with Crippen LogP contribution in [0.2, 0.25) is 0 Å². The van der Waals surface area contributed by atoms with Crippen molar-refractivity contribution in [3.63, 3.8) is 0 Å². The molecule has 0 aliphatic carbocycles. The van der Waals surface area contributed by atoms with Crippen molar-refractivity contribution in [3.05, 3.63) is 64.3 Å². The first kappa shape index (κ1) is 28.5. The fraction of sp³-hybridized carbons (Fsp3) is 0.448. The zero-order valence-corrected chi connectivity index (χ0v) is 24.3. The van der Waals surface area contributed by atoms with Crippen molar-refractivity contribution in [2.45, 2.75) is 45.9 Å². The molecule has 3 aromatic rings. The molecule has 0 saturated carbocycles. The van der Waals surface area contributed by atoms with Crippen molar-refractivity contribution >= 4 is 32.3 Å². The number of aliphatic carboxylic acids is 1. The van der Waals surface area contributed by atoms with Crippen LogP contribution in [0.5, 0.6) is 5.75 Å². The number of carbonyl (C=O) groups is 1. The Balaban J connectivity index is 1.26. The number of hydrogen-bond donors (Lipinski definition) is 1. The maximum absolute atomic E-state index is 14.3. The van der Waals surface area contributed by atoms with Gasteiger partial charge in [0.05, 0.1) is 23.1 Å². The van der Waals surface area contributed by atoms with E-state index in [0.29, 0.717) is 62.6 Å². The Kier molecular flexibility index (Phi) is 8.44. The summed E-state index contributed by atoms with van der Waals surface area (Å²) in [5.41, 5.74) is 4.40. The molecule has 0 amide bonds. The third kappa shape index (κ3) is 6.64. The maximum Gasteiger partial charge on any atom is 0.306 e. The number of carboxylic acids is 1. The number of piperidine rings is 1. The average Bonchev–Trinajstić information content (AvgIpc) is 3.40. The number of nitrogens with zero attached hydrogens (tertiary/aromatic N) is 3. The number of carboxylic acid groups (broad SMARTS) is 1. The zero-order valence-electron chi connectivity index (χ0n) is 22.7. The number of ether oxygens (including phenoxy) is 1. The van der Waals surface area contributed by atoms with Crippen molar-refractivity contribution in [2.75, 3.05) is 36.0 Å². The first-order chi connectivity index (χ1) is 19.1. The number of hydrogen-bond acceptors (Lipinski definition) is 8. The van der Waals surface area contributed by atoms with E-state index < -0.39 is 15.8 Å². The number of rotatable bonds is 8. The zero-order chi connectivity index (χ0) is 28.4. The van der Waals surface area contributed by atoms with Crippen LogP contribution in [0.15, 0.2) is 41.8 Å². The summed E-state index contributed by atoms with van der Waals surface area (Å²) < 4.78 is 43.9. The van der Waals surface area contributed by atoms with Crippen molar-refractivity contribution in [3.8, 4) is 17.0 Å².